The first-order chi connectivity index (χ1) is 7.16. The zero-order chi connectivity index (χ0) is 10.7. The van der Waals surface area contributed by atoms with Gasteiger partial charge in [-0.05, 0) is 26.7 Å². The highest BCUT2D eigenvalue weighted by Crippen LogP contribution is 2.25. The van der Waals surface area contributed by atoms with Crippen LogP contribution in [0.15, 0.2) is 0 Å². The van der Waals surface area contributed by atoms with Crippen LogP contribution < -0.4 is 0 Å². The number of hydrogen-bond acceptors (Lipinski definition) is 4. The largest absolute Gasteiger partial charge is 0.353 e. The Balaban J connectivity index is 1.76. The summed E-state index contributed by atoms with van der Waals surface area (Å²) >= 11 is 0. The Bertz CT molecular complexity index is 173. The summed E-state index contributed by atoms with van der Waals surface area (Å²) in [5, 5.41) is 0. The summed E-state index contributed by atoms with van der Waals surface area (Å²) in [4.78, 5) is 0. The monoisotopic (exact) mass is 216 g/mol. The predicted molar refractivity (Wildman–Crippen MR) is 54.2 cm³/mol. The van der Waals surface area contributed by atoms with E-state index >= 15 is 0 Å². The molecule has 0 saturated carbocycles. The van der Waals surface area contributed by atoms with Gasteiger partial charge in [0.25, 0.3) is 0 Å². The summed E-state index contributed by atoms with van der Waals surface area (Å²) in [5.74, 6) is -0.621. The lowest BCUT2D eigenvalue weighted by atomic mass is 10.3. The molecule has 0 spiro atoms. The van der Waals surface area contributed by atoms with Crippen molar-refractivity contribution in [1.82, 2.24) is 0 Å². The van der Waals surface area contributed by atoms with E-state index in [-0.39, 0.29) is 12.6 Å². The van der Waals surface area contributed by atoms with E-state index in [1.807, 2.05) is 13.8 Å². The Hall–Kier alpha value is -0.160. The first kappa shape index (κ1) is 11.3. The van der Waals surface area contributed by atoms with Gasteiger partial charge < -0.3 is 18.9 Å². The van der Waals surface area contributed by atoms with Gasteiger partial charge in [-0.25, -0.2) is 0 Å². The molecular formula is C11H20O4. The molecule has 0 bridgehead atoms. The third-order valence-corrected chi connectivity index (χ3v) is 2.61. The van der Waals surface area contributed by atoms with E-state index in [1.165, 1.54) is 0 Å². The highest BCUT2D eigenvalue weighted by Gasteiger charge is 2.31. The lowest BCUT2D eigenvalue weighted by Gasteiger charge is -2.30. The van der Waals surface area contributed by atoms with Crippen LogP contribution in [0.4, 0.5) is 0 Å². The summed E-state index contributed by atoms with van der Waals surface area (Å²) in [6.45, 7) is 5.41. The minimum Gasteiger partial charge on any atom is -0.353 e. The van der Waals surface area contributed by atoms with Gasteiger partial charge >= 0.3 is 0 Å². The second kappa shape index (κ2) is 4.78. The lowest BCUT2D eigenvalue weighted by Crippen LogP contribution is -2.36. The minimum absolute atomic E-state index is 0.110. The molecule has 2 atom stereocenters. The number of hydrogen-bond donors (Lipinski definition) is 0. The molecule has 2 fully saturated rings. The molecule has 2 aliphatic heterocycles. The Labute approximate surface area is 90.8 Å². The van der Waals surface area contributed by atoms with E-state index in [9.17, 15) is 0 Å². The molecule has 0 radical (unpaired) electrons. The van der Waals surface area contributed by atoms with Crippen molar-refractivity contribution in [3.05, 3.63) is 0 Å². The molecule has 2 rings (SSSR count). The minimum atomic E-state index is -0.621. The third-order valence-electron chi connectivity index (χ3n) is 2.61. The van der Waals surface area contributed by atoms with E-state index in [4.69, 9.17) is 18.9 Å². The quantitative estimate of drug-likeness (QED) is 0.674. The van der Waals surface area contributed by atoms with Crippen LogP contribution in [0.5, 0.6) is 0 Å². The van der Waals surface area contributed by atoms with Crippen molar-refractivity contribution in [2.75, 3.05) is 13.2 Å². The first-order valence-corrected chi connectivity index (χ1v) is 5.74. The van der Waals surface area contributed by atoms with Crippen molar-refractivity contribution in [2.45, 2.75) is 57.9 Å². The van der Waals surface area contributed by atoms with Gasteiger partial charge in [-0.3, -0.25) is 0 Å². The first-order valence-electron chi connectivity index (χ1n) is 5.74. The SMILES string of the molecule is CC(C)(OC1CCCO1)OC1CCCO1. The van der Waals surface area contributed by atoms with Crippen LogP contribution in [0.3, 0.4) is 0 Å². The molecule has 0 aliphatic carbocycles. The van der Waals surface area contributed by atoms with Crippen LogP contribution in [0.25, 0.3) is 0 Å². The van der Waals surface area contributed by atoms with Crippen molar-refractivity contribution in [2.24, 2.45) is 0 Å². The lowest BCUT2D eigenvalue weighted by molar-refractivity contribution is -0.325. The van der Waals surface area contributed by atoms with E-state index in [2.05, 4.69) is 0 Å². The molecule has 0 aromatic carbocycles. The topological polar surface area (TPSA) is 36.9 Å². The average molecular weight is 216 g/mol. The highest BCUT2D eigenvalue weighted by molar-refractivity contribution is 4.64. The summed E-state index contributed by atoms with van der Waals surface area (Å²) in [7, 11) is 0. The zero-order valence-corrected chi connectivity index (χ0v) is 9.53. The number of ether oxygens (including phenoxy) is 4. The third kappa shape index (κ3) is 3.41. The average Bonchev–Trinajstić information content (AvgIpc) is 2.75. The molecule has 2 heterocycles. The Morgan fingerprint density at radius 3 is 1.73 bits per heavy atom. The van der Waals surface area contributed by atoms with E-state index in [1.54, 1.807) is 0 Å². The smallest absolute Gasteiger partial charge is 0.169 e. The van der Waals surface area contributed by atoms with Gasteiger partial charge in [-0.1, -0.05) is 0 Å². The Kier molecular flexibility index (Phi) is 3.61. The van der Waals surface area contributed by atoms with Gasteiger partial charge in [-0.2, -0.15) is 0 Å². The molecule has 0 aromatic heterocycles. The molecule has 0 aromatic rings. The number of rotatable bonds is 4. The van der Waals surface area contributed by atoms with Crippen molar-refractivity contribution in [3.8, 4) is 0 Å². The maximum atomic E-state index is 5.74. The summed E-state index contributed by atoms with van der Waals surface area (Å²) in [6.07, 6.45) is 3.83. The fraction of sp³-hybridized carbons (Fsp3) is 1.00. The van der Waals surface area contributed by atoms with Crippen LogP contribution in [0.1, 0.15) is 39.5 Å². The summed E-state index contributed by atoms with van der Waals surface area (Å²) in [5.41, 5.74) is 0. The second-order valence-electron chi connectivity index (χ2n) is 4.52. The highest BCUT2D eigenvalue weighted by atomic mass is 16.8. The molecular weight excluding hydrogens is 196 g/mol. The fourth-order valence-corrected chi connectivity index (χ4v) is 1.94. The maximum Gasteiger partial charge on any atom is 0.169 e. The molecule has 88 valence electrons. The van der Waals surface area contributed by atoms with E-state index in [0.29, 0.717) is 0 Å². The molecule has 0 amide bonds. The van der Waals surface area contributed by atoms with Crippen LogP contribution in [-0.4, -0.2) is 31.6 Å². The van der Waals surface area contributed by atoms with Crippen molar-refractivity contribution >= 4 is 0 Å². The van der Waals surface area contributed by atoms with Crippen LogP contribution in [0, 0.1) is 0 Å². The van der Waals surface area contributed by atoms with Crippen molar-refractivity contribution in [3.63, 3.8) is 0 Å². The molecule has 2 aliphatic rings. The van der Waals surface area contributed by atoms with Crippen molar-refractivity contribution < 1.29 is 18.9 Å². The standard InChI is InChI=1S/C11H20O4/c1-11(2,14-9-5-3-7-12-9)15-10-6-4-8-13-10/h9-10H,3-8H2,1-2H3. The van der Waals surface area contributed by atoms with Gasteiger partial charge in [-0.15, -0.1) is 0 Å². The molecule has 2 saturated heterocycles. The normalized spacial score (nSPS) is 32.4. The van der Waals surface area contributed by atoms with Gasteiger partial charge in [0.05, 0.1) is 0 Å². The summed E-state index contributed by atoms with van der Waals surface area (Å²) < 4.78 is 22.3. The zero-order valence-electron chi connectivity index (χ0n) is 9.53. The van der Waals surface area contributed by atoms with Crippen LogP contribution in [-0.2, 0) is 18.9 Å². The molecule has 0 N–H and O–H groups in total. The summed E-state index contributed by atoms with van der Waals surface area (Å²) in [6, 6.07) is 0. The van der Waals surface area contributed by atoms with Gasteiger partial charge in [0.1, 0.15) is 0 Å². The van der Waals surface area contributed by atoms with Crippen LogP contribution >= 0.6 is 0 Å². The Morgan fingerprint density at radius 1 is 0.933 bits per heavy atom. The van der Waals surface area contributed by atoms with Crippen molar-refractivity contribution in [1.29, 1.82) is 0 Å². The molecule has 4 heteroatoms. The second-order valence-corrected chi connectivity index (χ2v) is 4.52. The maximum absolute atomic E-state index is 5.74. The van der Waals surface area contributed by atoms with E-state index in [0.717, 1.165) is 38.9 Å². The molecule has 4 nitrogen and oxygen atoms in total. The Morgan fingerprint density at radius 2 is 1.40 bits per heavy atom. The molecule has 2 unspecified atom stereocenters. The van der Waals surface area contributed by atoms with Gasteiger partial charge in [0, 0.05) is 26.1 Å². The van der Waals surface area contributed by atoms with Gasteiger partial charge in [0.2, 0.25) is 0 Å². The van der Waals surface area contributed by atoms with Crippen LogP contribution in [0.2, 0.25) is 0 Å². The van der Waals surface area contributed by atoms with Gasteiger partial charge in [0.15, 0.2) is 18.4 Å². The predicted octanol–water partition coefficient (Wildman–Crippen LogP) is 2.03. The molecule has 15 heavy (non-hydrogen) atoms. The fourth-order valence-electron chi connectivity index (χ4n) is 1.94. The van der Waals surface area contributed by atoms with E-state index < -0.39 is 5.79 Å².